The van der Waals surface area contributed by atoms with E-state index in [9.17, 15) is 0 Å². The van der Waals surface area contributed by atoms with Gasteiger partial charge >= 0.3 is 0 Å². The van der Waals surface area contributed by atoms with Crippen molar-refractivity contribution >= 4 is 0 Å². The summed E-state index contributed by atoms with van der Waals surface area (Å²) in [5.41, 5.74) is 9.74. The van der Waals surface area contributed by atoms with Crippen LogP contribution in [-0.4, -0.2) is 0 Å². The molecule has 1 aromatic rings. The van der Waals surface area contributed by atoms with E-state index in [0.29, 0.717) is 11.3 Å². The topological polar surface area (TPSA) is 26.0 Å². The Labute approximate surface area is 125 Å². The molecule has 2 N–H and O–H groups in total. The number of aryl methyl sites for hydroxylation is 1. The van der Waals surface area contributed by atoms with Crippen LogP contribution in [0.15, 0.2) is 24.3 Å². The lowest BCUT2D eigenvalue weighted by Crippen LogP contribution is -2.30. The van der Waals surface area contributed by atoms with Crippen molar-refractivity contribution in [2.45, 2.75) is 65.8 Å². The standard InChI is InChI=1S/C19H31N/c1-5-14-7-6-8-16(13-14)18(20)15-9-11-17(12-10-15)19(2,3)4/h6-8,13,15,17-18H,5,9-12,20H2,1-4H3. The van der Waals surface area contributed by atoms with Gasteiger partial charge in [-0.3, -0.25) is 0 Å². The summed E-state index contributed by atoms with van der Waals surface area (Å²) in [7, 11) is 0. The zero-order valence-electron chi connectivity index (χ0n) is 13.7. The molecule has 1 heteroatoms. The summed E-state index contributed by atoms with van der Waals surface area (Å²) in [5, 5.41) is 0. The van der Waals surface area contributed by atoms with Crippen LogP contribution < -0.4 is 5.73 Å². The van der Waals surface area contributed by atoms with Crippen LogP contribution in [0.5, 0.6) is 0 Å². The minimum absolute atomic E-state index is 0.224. The molecule has 1 aromatic carbocycles. The van der Waals surface area contributed by atoms with Crippen molar-refractivity contribution in [2.24, 2.45) is 23.0 Å². The van der Waals surface area contributed by atoms with Gasteiger partial charge in [-0.15, -0.1) is 0 Å². The van der Waals surface area contributed by atoms with Crippen molar-refractivity contribution < 1.29 is 0 Å². The zero-order chi connectivity index (χ0) is 14.8. The van der Waals surface area contributed by atoms with Crippen molar-refractivity contribution in [1.29, 1.82) is 0 Å². The molecule has 0 aliphatic heterocycles. The molecule has 1 unspecified atom stereocenters. The van der Waals surface area contributed by atoms with Gasteiger partial charge in [0.15, 0.2) is 0 Å². The van der Waals surface area contributed by atoms with Crippen molar-refractivity contribution in [2.75, 3.05) is 0 Å². The molecule has 0 amide bonds. The summed E-state index contributed by atoms with van der Waals surface area (Å²) < 4.78 is 0. The van der Waals surface area contributed by atoms with E-state index in [1.807, 2.05) is 0 Å². The van der Waals surface area contributed by atoms with E-state index < -0.39 is 0 Å². The van der Waals surface area contributed by atoms with Gasteiger partial charge in [0, 0.05) is 6.04 Å². The van der Waals surface area contributed by atoms with Crippen molar-refractivity contribution in [1.82, 2.24) is 0 Å². The second-order valence-corrected chi connectivity index (χ2v) is 7.60. The molecule has 1 fully saturated rings. The average Bonchev–Trinajstić information content (AvgIpc) is 2.46. The average molecular weight is 273 g/mol. The smallest absolute Gasteiger partial charge is 0.0323 e. The van der Waals surface area contributed by atoms with Gasteiger partial charge in [-0.05, 0) is 60.5 Å². The third kappa shape index (κ3) is 3.63. The van der Waals surface area contributed by atoms with E-state index in [4.69, 9.17) is 5.73 Å². The Morgan fingerprint density at radius 1 is 1.15 bits per heavy atom. The largest absolute Gasteiger partial charge is 0.324 e. The first-order chi connectivity index (χ1) is 9.41. The molecule has 0 bridgehead atoms. The van der Waals surface area contributed by atoms with E-state index in [1.165, 1.54) is 36.8 Å². The highest BCUT2D eigenvalue weighted by atomic mass is 14.7. The number of hydrogen-bond donors (Lipinski definition) is 1. The molecule has 1 aliphatic carbocycles. The molecule has 1 nitrogen and oxygen atoms in total. The molecule has 1 saturated carbocycles. The number of benzene rings is 1. The first kappa shape index (κ1) is 15.6. The summed E-state index contributed by atoms with van der Waals surface area (Å²) >= 11 is 0. The van der Waals surface area contributed by atoms with E-state index in [0.717, 1.165) is 12.3 Å². The SMILES string of the molecule is CCc1cccc(C(N)C2CCC(C(C)(C)C)CC2)c1. The minimum Gasteiger partial charge on any atom is -0.324 e. The first-order valence-electron chi connectivity index (χ1n) is 8.26. The highest BCUT2D eigenvalue weighted by Gasteiger charge is 2.32. The van der Waals surface area contributed by atoms with Gasteiger partial charge in [0.2, 0.25) is 0 Å². The van der Waals surface area contributed by atoms with Crippen LogP contribution in [0.3, 0.4) is 0 Å². The predicted molar refractivity (Wildman–Crippen MR) is 87.7 cm³/mol. The normalized spacial score (nSPS) is 25.4. The summed E-state index contributed by atoms with van der Waals surface area (Å²) in [6.07, 6.45) is 6.36. The van der Waals surface area contributed by atoms with E-state index >= 15 is 0 Å². The Bertz CT molecular complexity index is 422. The molecular weight excluding hydrogens is 242 g/mol. The summed E-state index contributed by atoms with van der Waals surface area (Å²) in [6.45, 7) is 9.34. The molecule has 0 radical (unpaired) electrons. The third-order valence-corrected chi connectivity index (χ3v) is 5.25. The molecule has 0 heterocycles. The fourth-order valence-electron chi connectivity index (χ4n) is 3.64. The highest BCUT2D eigenvalue weighted by molar-refractivity contribution is 5.26. The Balaban J connectivity index is 1.99. The van der Waals surface area contributed by atoms with Crippen LogP contribution in [0, 0.1) is 17.3 Å². The first-order valence-corrected chi connectivity index (χ1v) is 8.26. The van der Waals surface area contributed by atoms with Gasteiger partial charge in [-0.1, -0.05) is 52.0 Å². The van der Waals surface area contributed by atoms with Crippen molar-refractivity contribution in [3.05, 3.63) is 35.4 Å². The monoisotopic (exact) mass is 273 g/mol. The minimum atomic E-state index is 0.224. The summed E-state index contributed by atoms with van der Waals surface area (Å²) in [4.78, 5) is 0. The molecular formula is C19H31N. The van der Waals surface area contributed by atoms with E-state index in [1.54, 1.807) is 0 Å². The lowest BCUT2D eigenvalue weighted by Gasteiger charge is -2.38. The molecule has 20 heavy (non-hydrogen) atoms. The Kier molecular flexibility index (Phi) is 4.90. The van der Waals surface area contributed by atoms with Crippen LogP contribution in [0.4, 0.5) is 0 Å². The second-order valence-electron chi connectivity index (χ2n) is 7.60. The summed E-state index contributed by atoms with van der Waals surface area (Å²) in [5.74, 6) is 1.54. The number of nitrogens with two attached hydrogens (primary N) is 1. The highest BCUT2D eigenvalue weighted by Crippen LogP contribution is 2.42. The second kappa shape index (κ2) is 6.30. The maximum Gasteiger partial charge on any atom is 0.0323 e. The molecule has 1 atom stereocenters. The maximum atomic E-state index is 6.55. The lowest BCUT2D eigenvalue weighted by atomic mass is 9.68. The lowest BCUT2D eigenvalue weighted by molar-refractivity contribution is 0.139. The Morgan fingerprint density at radius 3 is 2.35 bits per heavy atom. The van der Waals surface area contributed by atoms with Crippen LogP contribution in [0.25, 0.3) is 0 Å². The van der Waals surface area contributed by atoms with Gasteiger partial charge in [-0.25, -0.2) is 0 Å². The molecule has 112 valence electrons. The van der Waals surface area contributed by atoms with Gasteiger partial charge < -0.3 is 5.73 Å². The van der Waals surface area contributed by atoms with Crippen LogP contribution in [-0.2, 0) is 6.42 Å². The van der Waals surface area contributed by atoms with E-state index in [-0.39, 0.29) is 6.04 Å². The predicted octanol–water partition coefficient (Wildman–Crippen LogP) is 5.10. The van der Waals surface area contributed by atoms with E-state index in [2.05, 4.69) is 52.0 Å². The summed E-state index contributed by atoms with van der Waals surface area (Å²) in [6, 6.07) is 9.10. The van der Waals surface area contributed by atoms with Gasteiger partial charge in [0.25, 0.3) is 0 Å². The molecule has 0 saturated heterocycles. The van der Waals surface area contributed by atoms with Gasteiger partial charge in [0.05, 0.1) is 0 Å². The quantitative estimate of drug-likeness (QED) is 0.814. The fourth-order valence-corrected chi connectivity index (χ4v) is 3.64. The number of hydrogen-bond acceptors (Lipinski definition) is 1. The van der Waals surface area contributed by atoms with Gasteiger partial charge in [-0.2, -0.15) is 0 Å². The third-order valence-electron chi connectivity index (χ3n) is 5.25. The van der Waals surface area contributed by atoms with Crippen LogP contribution in [0.2, 0.25) is 0 Å². The fraction of sp³-hybridized carbons (Fsp3) is 0.684. The van der Waals surface area contributed by atoms with Crippen LogP contribution >= 0.6 is 0 Å². The maximum absolute atomic E-state index is 6.55. The van der Waals surface area contributed by atoms with Crippen molar-refractivity contribution in [3.8, 4) is 0 Å². The Hall–Kier alpha value is -0.820. The molecule has 1 aliphatic rings. The molecule has 0 spiro atoms. The Morgan fingerprint density at radius 2 is 1.80 bits per heavy atom. The zero-order valence-corrected chi connectivity index (χ0v) is 13.7. The van der Waals surface area contributed by atoms with Crippen LogP contribution in [0.1, 0.15) is 70.5 Å². The molecule has 2 rings (SSSR count). The van der Waals surface area contributed by atoms with Gasteiger partial charge in [0.1, 0.15) is 0 Å². The van der Waals surface area contributed by atoms with Crippen molar-refractivity contribution in [3.63, 3.8) is 0 Å². The molecule has 0 aromatic heterocycles. The number of rotatable bonds is 3.